The van der Waals surface area contributed by atoms with Gasteiger partial charge in [0, 0.05) is 29.3 Å². The second-order valence-electron chi connectivity index (χ2n) is 8.69. The van der Waals surface area contributed by atoms with Crippen LogP contribution in [0.15, 0.2) is 46.8 Å². The van der Waals surface area contributed by atoms with Crippen molar-refractivity contribution in [3.63, 3.8) is 0 Å². The van der Waals surface area contributed by atoms with Crippen molar-refractivity contribution in [2.75, 3.05) is 13.7 Å². The molecule has 1 atom stereocenters. The maximum atomic E-state index is 13.2. The Kier molecular flexibility index (Phi) is 6.15. The number of esters is 1. The van der Waals surface area contributed by atoms with Crippen LogP contribution in [0, 0.1) is 5.41 Å². The van der Waals surface area contributed by atoms with Crippen LogP contribution in [0.4, 0.5) is 0 Å². The topological polar surface area (TPSA) is 64.6 Å². The first-order valence-electron chi connectivity index (χ1n) is 10.3. The summed E-state index contributed by atoms with van der Waals surface area (Å²) in [6.45, 7) is 8.54. The van der Waals surface area contributed by atoms with E-state index in [4.69, 9.17) is 9.47 Å². The number of unbranched alkanes of at least 4 members (excludes halogenated alkanes) is 1. The molecule has 1 N–H and O–H groups in total. The number of ketones is 1. The Morgan fingerprint density at radius 3 is 2.52 bits per heavy atom. The number of allylic oxidation sites excluding steroid dienone is 3. The van der Waals surface area contributed by atoms with Gasteiger partial charge < -0.3 is 14.8 Å². The van der Waals surface area contributed by atoms with Gasteiger partial charge in [-0.3, -0.25) is 4.79 Å². The quantitative estimate of drug-likeness (QED) is 0.559. The molecule has 0 saturated heterocycles. The van der Waals surface area contributed by atoms with E-state index in [1.54, 1.807) is 7.11 Å². The summed E-state index contributed by atoms with van der Waals surface area (Å²) in [5.41, 5.74) is 3.70. The molecular formula is C24H31NO4. The fourth-order valence-corrected chi connectivity index (χ4v) is 4.22. The normalized spacial score (nSPS) is 20.9. The Hall–Kier alpha value is -2.56. The van der Waals surface area contributed by atoms with E-state index in [-0.39, 0.29) is 17.2 Å². The Morgan fingerprint density at radius 2 is 1.90 bits per heavy atom. The largest absolute Gasteiger partial charge is 0.497 e. The SMILES string of the molecule is CCCCOC(=O)C1=C(C)NC2=C(C(=O)CC(C)(C)C2)[C@@H]1c1ccc(OC)cc1. The fraction of sp³-hybridized carbons (Fsp3) is 0.500. The first-order chi connectivity index (χ1) is 13.8. The van der Waals surface area contributed by atoms with E-state index in [0.29, 0.717) is 24.2 Å². The first kappa shape index (κ1) is 21.2. The molecule has 0 fully saturated rings. The van der Waals surface area contributed by atoms with Crippen LogP contribution in [-0.2, 0) is 14.3 Å². The maximum absolute atomic E-state index is 13.2. The van der Waals surface area contributed by atoms with E-state index in [0.717, 1.165) is 42.0 Å². The highest BCUT2D eigenvalue weighted by Crippen LogP contribution is 2.46. The average Bonchev–Trinajstić information content (AvgIpc) is 2.66. The lowest BCUT2D eigenvalue weighted by atomic mass is 9.68. The van der Waals surface area contributed by atoms with Crippen molar-refractivity contribution in [3.8, 4) is 5.75 Å². The van der Waals surface area contributed by atoms with Gasteiger partial charge in [-0.2, -0.15) is 0 Å². The predicted octanol–water partition coefficient (Wildman–Crippen LogP) is 4.64. The van der Waals surface area contributed by atoms with Crippen molar-refractivity contribution in [1.29, 1.82) is 0 Å². The third-order valence-corrected chi connectivity index (χ3v) is 5.64. The number of nitrogens with one attached hydrogen (secondary N) is 1. The molecule has 0 aromatic heterocycles. The Morgan fingerprint density at radius 1 is 1.21 bits per heavy atom. The Labute approximate surface area is 173 Å². The summed E-state index contributed by atoms with van der Waals surface area (Å²) >= 11 is 0. The second-order valence-corrected chi connectivity index (χ2v) is 8.69. The zero-order valence-corrected chi connectivity index (χ0v) is 18.1. The van der Waals surface area contributed by atoms with Crippen LogP contribution in [-0.4, -0.2) is 25.5 Å². The van der Waals surface area contributed by atoms with Gasteiger partial charge in [0.1, 0.15) is 5.75 Å². The first-order valence-corrected chi connectivity index (χ1v) is 10.3. The van der Waals surface area contributed by atoms with Crippen molar-refractivity contribution in [2.45, 2.75) is 59.3 Å². The van der Waals surface area contributed by atoms with Crippen molar-refractivity contribution < 1.29 is 19.1 Å². The molecule has 0 unspecified atom stereocenters. The molecule has 5 nitrogen and oxygen atoms in total. The van der Waals surface area contributed by atoms with E-state index in [2.05, 4.69) is 26.1 Å². The van der Waals surface area contributed by atoms with Crippen LogP contribution in [0.3, 0.4) is 0 Å². The maximum Gasteiger partial charge on any atom is 0.336 e. The minimum atomic E-state index is -0.421. The monoisotopic (exact) mass is 397 g/mol. The molecule has 0 radical (unpaired) electrons. The van der Waals surface area contributed by atoms with Crippen molar-refractivity contribution >= 4 is 11.8 Å². The second kappa shape index (κ2) is 8.44. The molecule has 0 amide bonds. The zero-order valence-electron chi connectivity index (χ0n) is 18.1. The lowest BCUT2D eigenvalue weighted by Gasteiger charge is -2.39. The van der Waals surface area contributed by atoms with E-state index < -0.39 is 5.92 Å². The molecule has 1 aliphatic heterocycles. The molecule has 2 aliphatic rings. The standard InChI is InChI=1S/C24H31NO4/c1-6-7-12-29-23(27)20-15(2)25-18-13-24(3,4)14-19(26)22(18)21(20)16-8-10-17(28-5)11-9-16/h8-11,21,25H,6-7,12-14H2,1-5H3/t21-/m1/s1. The number of methoxy groups -OCH3 is 1. The number of rotatable bonds is 6. The Balaban J connectivity index is 2.07. The molecule has 1 aromatic carbocycles. The zero-order chi connectivity index (χ0) is 21.2. The highest BCUT2D eigenvalue weighted by molar-refractivity contribution is 6.04. The fourth-order valence-electron chi connectivity index (χ4n) is 4.22. The molecule has 0 saturated carbocycles. The number of Topliss-reactive ketones (excluding diaryl/α,β-unsaturated/α-hetero) is 1. The molecule has 0 spiro atoms. The minimum absolute atomic E-state index is 0.0935. The summed E-state index contributed by atoms with van der Waals surface area (Å²) in [5.74, 6) is 0.0556. The van der Waals surface area contributed by atoms with Gasteiger partial charge in [-0.15, -0.1) is 0 Å². The molecule has 3 rings (SSSR count). The highest BCUT2D eigenvalue weighted by Gasteiger charge is 2.43. The number of carbonyl (C=O) groups excluding carboxylic acids is 2. The smallest absolute Gasteiger partial charge is 0.336 e. The van der Waals surface area contributed by atoms with Gasteiger partial charge in [-0.25, -0.2) is 4.79 Å². The van der Waals surface area contributed by atoms with Crippen LogP contribution in [0.2, 0.25) is 0 Å². The van der Waals surface area contributed by atoms with E-state index in [1.165, 1.54) is 0 Å². The average molecular weight is 398 g/mol. The summed E-state index contributed by atoms with van der Waals surface area (Å²) in [4.78, 5) is 26.2. The van der Waals surface area contributed by atoms with E-state index in [9.17, 15) is 9.59 Å². The number of dihydropyridines is 1. The van der Waals surface area contributed by atoms with Crippen LogP contribution in [0.25, 0.3) is 0 Å². The number of hydrogen-bond donors (Lipinski definition) is 1. The molecule has 156 valence electrons. The van der Waals surface area contributed by atoms with Crippen LogP contribution in [0.1, 0.15) is 64.9 Å². The van der Waals surface area contributed by atoms with Gasteiger partial charge in [0.2, 0.25) is 0 Å². The van der Waals surface area contributed by atoms with Crippen LogP contribution >= 0.6 is 0 Å². The van der Waals surface area contributed by atoms with Gasteiger partial charge in [-0.05, 0) is 42.9 Å². The molecular weight excluding hydrogens is 366 g/mol. The third-order valence-electron chi connectivity index (χ3n) is 5.64. The summed E-state index contributed by atoms with van der Waals surface area (Å²) < 4.78 is 10.8. The number of hydrogen-bond acceptors (Lipinski definition) is 5. The van der Waals surface area contributed by atoms with Gasteiger partial charge in [0.05, 0.1) is 19.3 Å². The van der Waals surface area contributed by atoms with E-state index in [1.807, 2.05) is 31.2 Å². The van der Waals surface area contributed by atoms with Gasteiger partial charge in [0.25, 0.3) is 0 Å². The van der Waals surface area contributed by atoms with Crippen molar-refractivity contribution in [3.05, 3.63) is 52.4 Å². The third kappa shape index (κ3) is 4.39. The minimum Gasteiger partial charge on any atom is -0.497 e. The molecule has 1 aromatic rings. The highest BCUT2D eigenvalue weighted by atomic mass is 16.5. The summed E-state index contributed by atoms with van der Waals surface area (Å²) in [7, 11) is 1.62. The van der Waals surface area contributed by atoms with E-state index >= 15 is 0 Å². The number of ether oxygens (including phenoxy) is 2. The predicted molar refractivity (Wildman–Crippen MR) is 112 cm³/mol. The van der Waals surface area contributed by atoms with Crippen LogP contribution < -0.4 is 10.1 Å². The molecule has 1 heterocycles. The molecule has 1 aliphatic carbocycles. The van der Waals surface area contributed by atoms with Crippen LogP contribution in [0.5, 0.6) is 5.75 Å². The Bertz CT molecular complexity index is 861. The van der Waals surface area contributed by atoms with Crippen molar-refractivity contribution in [1.82, 2.24) is 5.32 Å². The molecule has 0 bridgehead atoms. The molecule has 5 heteroatoms. The summed E-state index contributed by atoms with van der Waals surface area (Å²) in [5, 5.41) is 3.36. The summed E-state index contributed by atoms with van der Waals surface area (Å²) in [6.07, 6.45) is 3.02. The molecule has 29 heavy (non-hydrogen) atoms. The van der Waals surface area contributed by atoms with Gasteiger partial charge in [-0.1, -0.05) is 39.3 Å². The number of carbonyl (C=O) groups is 2. The lowest BCUT2D eigenvalue weighted by molar-refractivity contribution is -0.139. The van der Waals surface area contributed by atoms with Gasteiger partial charge >= 0.3 is 5.97 Å². The van der Waals surface area contributed by atoms with Gasteiger partial charge in [0.15, 0.2) is 5.78 Å². The van der Waals surface area contributed by atoms with Crippen molar-refractivity contribution in [2.24, 2.45) is 5.41 Å². The lowest BCUT2D eigenvalue weighted by Crippen LogP contribution is -2.38. The number of benzene rings is 1. The summed E-state index contributed by atoms with van der Waals surface area (Å²) in [6, 6.07) is 7.59.